The van der Waals surface area contributed by atoms with Crippen LogP contribution in [0.3, 0.4) is 0 Å². The molecule has 1 saturated carbocycles. The maximum Gasteiger partial charge on any atom is 0.145 e. The largest absolute Gasteiger partial charge is 0.491 e. The van der Waals surface area contributed by atoms with E-state index < -0.39 is 0 Å². The van der Waals surface area contributed by atoms with Gasteiger partial charge in [-0.1, -0.05) is 12.1 Å². The number of nitrogens with zero attached hydrogens (tertiary/aromatic N) is 1. The van der Waals surface area contributed by atoms with Gasteiger partial charge in [0.2, 0.25) is 0 Å². The molecule has 0 unspecified atom stereocenters. The van der Waals surface area contributed by atoms with E-state index in [4.69, 9.17) is 15.7 Å². The van der Waals surface area contributed by atoms with Crippen molar-refractivity contribution >= 4 is 5.69 Å². The first-order chi connectivity index (χ1) is 7.67. The summed E-state index contributed by atoms with van der Waals surface area (Å²) in [4.78, 5) is 0. The molecule has 1 aromatic carbocycles. The maximum absolute atomic E-state index is 8.72. The maximum atomic E-state index is 8.72. The van der Waals surface area contributed by atoms with Gasteiger partial charge in [0.15, 0.2) is 0 Å². The Bertz CT molecular complexity index is 410. The number of ether oxygens (including phenoxy) is 1. The zero-order valence-electron chi connectivity index (χ0n) is 9.49. The number of hydrogen-bond donors (Lipinski definition) is 1. The van der Waals surface area contributed by atoms with Crippen LogP contribution in [0.4, 0.5) is 5.69 Å². The number of nitriles is 1. The highest BCUT2D eigenvalue weighted by atomic mass is 16.5. The second-order valence-electron chi connectivity index (χ2n) is 4.62. The molecule has 0 heterocycles. The number of aryl methyl sites for hydroxylation is 1. The van der Waals surface area contributed by atoms with Crippen LogP contribution in [0, 0.1) is 23.7 Å². The molecule has 0 radical (unpaired) electrons. The molecule has 84 valence electrons. The van der Waals surface area contributed by atoms with Crippen LogP contribution in [0.25, 0.3) is 0 Å². The van der Waals surface area contributed by atoms with E-state index in [1.54, 1.807) is 0 Å². The van der Waals surface area contributed by atoms with Crippen LogP contribution in [0.1, 0.15) is 24.8 Å². The SMILES string of the molecule is Cc1cccc(N)c1OCC1(CC#N)CC1. The second-order valence-corrected chi connectivity index (χ2v) is 4.62. The Morgan fingerprint density at radius 2 is 2.25 bits per heavy atom. The Kier molecular flexibility index (Phi) is 2.74. The number of hydrogen-bond acceptors (Lipinski definition) is 3. The van der Waals surface area contributed by atoms with E-state index in [1.165, 1.54) is 0 Å². The highest BCUT2D eigenvalue weighted by molar-refractivity contribution is 5.56. The van der Waals surface area contributed by atoms with Gasteiger partial charge < -0.3 is 10.5 Å². The first kappa shape index (κ1) is 10.8. The minimum Gasteiger partial charge on any atom is -0.491 e. The fraction of sp³-hybridized carbons (Fsp3) is 0.462. The number of benzene rings is 1. The molecule has 0 aliphatic heterocycles. The van der Waals surface area contributed by atoms with Crippen molar-refractivity contribution < 1.29 is 4.74 Å². The number of anilines is 1. The molecule has 1 fully saturated rings. The van der Waals surface area contributed by atoms with Crippen molar-refractivity contribution in [2.24, 2.45) is 5.41 Å². The summed E-state index contributed by atoms with van der Waals surface area (Å²) in [5.74, 6) is 0.770. The van der Waals surface area contributed by atoms with Crippen LogP contribution < -0.4 is 10.5 Å². The molecular formula is C13H16N2O. The van der Waals surface area contributed by atoms with Gasteiger partial charge in [0.25, 0.3) is 0 Å². The average Bonchev–Trinajstić information content (AvgIpc) is 2.98. The Morgan fingerprint density at radius 1 is 1.50 bits per heavy atom. The third kappa shape index (κ3) is 2.11. The zero-order valence-corrected chi connectivity index (χ0v) is 9.49. The highest BCUT2D eigenvalue weighted by Crippen LogP contribution is 2.49. The Morgan fingerprint density at radius 3 is 2.81 bits per heavy atom. The van der Waals surface area contributed by atoms with Crippen LogP contribution in [-0.2, 0) is 0 Å². The lowest BCUT2D eigenvalue weighted by Gasteiger charge is -2.15. The monoisotopic (exact) mass is 216 g/mol. The summed E-state index contributed by atoms with van der Waals surface area (Å²) in [7, 11) is 0. The molecule has 2 N–H and O–H groups in total. The summed E-state index contributed by atoms with van der Waals surface area (Å²) in [6.45, 7) is 2.59. The smallest absolute Gasteiger partial charge is 0.145 e. The van der Waals surface area contributed by atoms with Gasteiger partial charge in [0, 0.05) is 11.8 Å². The Balaban J connectivity index is 2.03. The molecule has 3 nitrogen and oxygen atoms in total. The van der Waals surface area contributed by atoms with Gasteiger partial charge in [-0.05, 0) is 31.4 Å². The summed E-state index contributed by atoms with van der Waals surface area (Å²) in [6.07, 6.45) is 2.76. The summed E-state index contributed by atoms with van der Waals surface area (Å²) in [5, 5.41) is 8.72. The van der Waals surface area contributed by atoms with Gasteiger partial charge in [0.05, 0.1) is 18.4 Å². The van der Waals surface area contributed by atoms with Crippen molar-refractivity contribution in [1.82, 2.24) is 0 Å². The van der Waals surface area contributed by atoms with Crippen molar-refractivity contribution in [3.8, 4) is 11.8 Å². The van der Waals surface area contributed by atoms with Gasteiger partial charge in [-0.15, -0.1) is 0 Å². The topological polar surface area (TPSA) is 59.0 Å². The minimum atomic E-state index is 0.101. The van der Waals surface area contributed by atoms with Gasteiger partial charge >= 0.3 is 0 Å². The molecule has 16 heavy (non-hydrogen) atoms. The quantitative estimate of drug-likeness (QED) is 0.787. The number of para-hydroxylation sites is 1. The van der Waals surface area contributed by atoms with Crippen molar-refractivity contribution in [1.29, 1.82) is 5.26 Å². The van der Waals surface area contributed by atoms with Gasteiger partial charge in [0.1, 0.15) is 5.75 Å². The summed E-state index contributed by atoms with van der Waals surface area (Å²) < 4.78 is 5.77. The zero-order chi connectivity index (χ0) is 11.6. The third-order valence-corrected chi connectivity index (χ3v) is 3.18. The van der Waals surface area contributed by atoms with Gasteiger partial charge in [-0.25, -0.2) is 0 Å². The van der Waals surface area contributed by atoms with E-state index in [0.717, 1.165) is 24.2 Å². The van der Waals surface area contributed by atoms with Crippen LogP contribution in [0.2, 0.25) is 0 Å². The lowest BCUT2D eigenvalue weighted by molar-refractivity contribution is 0.237. The number of nitrogens with two attached hydrogens (primary N) is 1. The van der Waals surface area contributed by atoms with Crippen molar-refractivity contribution in [3.63, 3.8) is 0 Å². The van der Waals surface area contributed by atoms with Gasteiger partial charge in [-0.3, -0.25) is 0 Å². The third-order valence-electron chi connectivity index (χ3n) is 3.18. The van der Waals surface area contributed by atoms with E-state index in [0.29, 0.717) is 18.7 Å². The normalized spacial score (nSPS) is 16.5. The summed E-state index contributed by atoms with van der Waals surface area (Å²) in [5.41, 5.74) is 7.68. The predicted octanol–water partition coefficient (Wildman–Crippen LogP) is 2.65. The van der Waals surface area contributed by atoms with Gasteiger partial charge in [-0.2, -0.15) is 5.26 Å². The lowest BCUT2D eigenvalue weighted by atomic mass is 10.1. The Labute approximate surface area is 95.8 Å². The number of nitrogen functional groups attached to an aromatic ring is 1. The molecule has 0 atom stereocenters. The minimum absolute atomic E-state index is 0.101. The highest BCUT2D eigenvalue weighted by Gasteiger charge is 2.43. The molecule has 0 aromatic heterocycles. The van der Waals surface area contributed by atoms with Crippen molar-refractivity contribution in [2.45, 2.75) is 26.2 Å². The summed E-state index contributed by atoms with van der Waals surface area (Å²) >= 11 is 0. The average molecular weight is 216 g/mol. The first-order valence-electron chi connectivity index (χ1n) is 5.52. The molecule has 1 aliphatic rings. The summed E-state index contributed by atoms with van der Waals surface area (Å²) in [6, 6.07) is 7.96. The van der Waals surface area contributed by atoms with Crippen LogP contribution >= 0.6 is 0 Å². The first-order valence-corrected chi connectivity index (χ1v) is 5.52. The molecule has 2 rings (SSSR count). The molecule has 1 aromatic rings. The van der Waals surface area contributed by atoms with E-state index >= 15 is 0 Å². The molecule has 0 saturated heterocycles. The standard InChI is InChI=1S/C13H16N2O/c1-10-3-2-4-11(15)12(10)16-9-13(5-6-13)7-8-14/h2-4H,5-7,9,15H2,1H3. The molecule has 1 aliphatic carbocycles. The molecule has 0 spiro atoms. The van der Waals surface area contributed by atoms with Crippen LogP contribution in [-0.4, -0.2) is 6.61 Å². The van der Waals surface area contributed by atoms with Crippen LogP contribution in [0.5, 0.6) is 5.75 Å². The second kappa shape index (κ2) is 4.05. The van der Waals surface area contributed by atoms with Crippen molar-refractivity contribution in [3.05, 3.63) is 23.8 Å². The van der Waals surface area contributed by atoms with Crippen LogP contribution in [0.15, 0.2) is 18.2 Å². The van der Waals surface area contributed by atoms with Crippen molar-refractivity contribution in [2.75, 3.05) is 12.3 Å². The molecule has 3 heteroatoms. The van der Waals surface area contributed by atoms with E-state index in [-0.39, 0.29) is 5.41 Å². The van der Waals surface area contributed by atoms with E-state index in [1.807, 2.05) is 25.1 Å². The molecule has 0 amide bonds. The molecule has 0 bridgehead atoms. The van der Waals surface area contributed by atoms with E-state index in [2.05, 4.69) is 6.07 Å². The Hall–Kier alpha value is -1.69. The fourth-order valence-corrected chi connectivity index (χ4v) is 1.81. The molecular weight excluding hydrogens is 200 g/mol. The predicted molar refractivity (Wildman–Crippen MR) is 63.0 cm³/mol. The van der Waals surface area contributed by atoms with E-state index in [9.17, 15) is 0 Å². The lowest BCUT2D eigenvalue weighted by Crippen LogP contribution is -2.13. The fourth-order valence-electron chi connectivity index (χ4n) is 1.81. The number of rotatable bonds is 4.